The van der Waals surface area contributed by atoms with Crippen molar-refractivity contribution in [2.75, 3.05) is 0 Å². The smallest absolute Gasteiger partial charge is 0.310 e. The summed E-state index contributed by atoms with van der Waals surface area (Å²) in [6.45, 7) is 0.168. The van der Waals surface area contributed by atoms with Crippen molar-refractivity contribution in [1.82, 2.24) is 0 Å². The number of nitro benzene ring substituents is 1. The van der Waals surface area contributed by atoms with Crippen LogP contribution in [0.25, 0.3) is 0 Å². The van der Waals surface area contributed by atoms with Gasteiger partial charge in [-0.15, -0.1) is 0 Å². The molecule has 20 heavy (non-hydrogen) atoms. The van der Waals surface area contributed by atoms with E-state index < -0.39 is 10.2 Å². The standard InChI is InChI=1S/C14H10ClNO4/c15-14(17)11-6-7-12(16(18)19)13(8-11)20-9-10-4-2-1-3-5-10/h1-8H,9H2. The summed E-state index contributed by atoms with van der Waals surface area (Å²) in [5.41, 5.74) is 0.812. The Labute approximate surface area is 119 Å². The maximum absolute atomic E-state index is 11.1. The normalized spacial score (nSPS) is 10.1. The molecular formula is C14H10ClNO4. The molecule has 0 unspecified atom stereocenters. The van der Waals surface area contributed by atoms with Crippen LogP contribution in [-0.2, 0) is 6.61 Å². The second kappa shape index (κ2) is 6.16. The van der Waals surface area contributed by atoms with Crippen LogP contribution in [0.5, 0.6) is 5.75 Å². The van der Waals surface area contributed by atoms with Crippen LogP contribution in [-0.4, -0.2) is 10.2 Å². The van der Waals surface area contributed by atoms with Crippen LogP contribution >= 0.6 is 11.6 Å². The topological polar surface area (TPSA) is 69.4 Å². The molecule has 0 atom stereocenters. The molecule has 0 heterocycles. The minimum atomic E-state index is -0.690. The van der Waals surface area contributed by atoms with Crippen molar-refractivity contribution in [3.05, 3.63) is 69.8 Å². The predicted molar refractivity (Wildman–Crippen MR) is 74.1 cm³/mol. The molecule has 0 spiro atoms. The Morgan fingerprint density at radius 1 is 1.20 bits per heavy atom. The Hall–Kier alpha value is -2.40. The molecule has 0 aromatic heterocycles. The summed E-state index contributed by atoms with van der Waals surface area (Å²) in [6.07, 6.45) is 0. The lowest BCUT2D eigenvalue weighted by atomic mass is 10.2. The van der Waals surface area contributed by atoms with Gasteiger partial charge in [0.15, 0.2) is 5.75 Å². The average Bonchev–Trinajstić information content (AvgIpc) is 2.45. The first-order chi connectivity index (χ1) is 9.58. The Bertz CT molecular complexity index is 643. The van der Waals surface area contributed by atoms with Gasteiger partial charge in [-0.05, 0) is 29.3 Å². The molecule has 0 fully saturated rings. The molecule has 102 valence electrons. The minimum Gasteiger partial charge on any atom is -0.482 e. The Balaban J connectivity index is 2.26. The number of carbonyl (C=O) groups excluding carboxylic acids is 1. The molecule has 0 saturated heterocycles. The highest BCUT2D eigenvalue weighted by molar-refractivity contribution is 6.67. The van der Waals surface area contributed by atoms with Crippen molar-refractivity contribution in [3.8, 4) is 5.75 Å². The number of carbonyl (C=O) groups is 1. The summed E-state index contributed by atoms with van der Waals surface area (Å²) in [6, 6.07) is 13.0. The summed E-state index contributed by atoms with van der Waals surface area (Å²) < 4.78 is 5.42. The van der Waals surface area contributed by atoms with Crippen LogP contribution in [0.1, 0.15) is 15.9 Å². The number of nitrogens with zero attached hydrogens (tertiary/aromatic N) is 1. The lowest BCUT2D eigenvalue weighted by Crippen LogP contribution is -2.01. The van der Waals surface area contributed by atoms with E-state index in [4.69, 9.17) is 16.3 Å². The molecule has 2 rings (SSSR count). The van der Waals surface area contributed by atoms with E-state index in [-0.39, 0.29) is 23.6 Å². The zero-order chi connectivity index (χ0) is 14.5. The molecule has 0 aliphatic rings. The van der Waals surface area contributed by atoms with Crippen molar-refractivity contribution in [1.29, 1.82) is 0 Å². The van der Waals surface area contributed by atoms with Crippen LogP contribution < -0.4 is 4.74 Å². The fourth-order valence-electron chi connectivity index (χ4n) is 1.64. The Morgan fingerprint density at radius 2 is 1.90 bits per heavy atom. The van der Waals surface area contributed by atoms with Crippen LogP contribution in [0, 0.1) is 10.1 Å². The number of halogens is 1. The van der Waals surface area contributed by atoms with E-state index in [0.717, 1.165) is 5.56 Å². The fraction of sp³-hybridized carbons (Fsp3) is 0.0714. The van der Waals surface area contributed by atoms with Crippen LogP contribution in [0.4, 0.5) is 5.69 Å². The van der Waals surface area contributed by atoms with E-state index in [1.807, 2.05) is 30.3 Å². The number of nitro groups is 1. The molecule has 2 aromatic carbocycles. The van der Waals surface area contributed by atoms with Crippen molar-refractivity contribution in [2.45, 2.75) is 6.61 Å². The maximum atomic E-state index is 11.1. The van der Waals surface area contributed by atoms with Gasteiger partial charge in [-0.3, -0.25) is 14.9 Å². The van der Waals surface area contributed by atoms with E-state index in [1.54, 1.807) is 0 Å². The zero-order valence-electron chi connectivity index (χ0n) is 10.3. The molecule has 0 N–H and O–H groups in total. The highest BCUT2D eigenvalue weighted by Gasteiger charge is 2.17. The number of benzene rings is 2. The average molecular weight is 292 g/mol. The second-order valence-corrected chi connectivity index (χ2v) is 4.33. The van der Waals surface area contributed by atoms with Gasteiger partial charge < -0.3 is 4.74 Å². The van der Waals surface area contributed by atoms with Gasteiger partial charge in [-0.2, -0.15) is 0 Å². The van der Waals surface area contributed by atoms with Gasteiger partial charge in [0.25, 0.3) is 5.24 Å². The van der Waals surface area contributed by atoms with Gasteiger partial charge in [0.05, 0.1) is 4.92 Å². The third kappa shape index (κ3) is 3.33. The molecule has 2 aromatic rings. The molecule has 0 saturated carbocycles. The Kier molecular flexibility index (Phi) is 4.32. The highest BCUT2D eigenvalue weighted by atomic mass is 35.5. The van der Waals surface area contributed by atoms with Gasteiger partial charge in [-0.25, -0.2) is 0 Å². The number of ether oxygens (including phenoxy) is 1. The fourth-order valence-corrected chi connectivity index (χ4v) is 1.76. The molecule has 0 aliphatic heterocycles. The summed E-state index contributed by atoms with van der Waals surface area (Å²) in [5.74, 6) is 0.0188. The van der Waals surface area contributed by atoms with Crippen LogP contribution in [0.15, 0.2) is 48.5 Å². The number of hydrogen-bond donors (Lipinski definition) is 0. The van der Waals surface area contributed by atoms with Gasteiger partial charge in [-0.1, -0.05) is 30.3 Å². The van der Waals surface area contributed by atoms with E-state index in [0.29, 0.717) is 0 Å². The molecule has 0 bridgehead atoms. The van der Waals surface area contributed by atoms with Crippen LogP contribution in [0.3, 0.4) is 0 Å². The lowest BCUT2D eigenvalue weighted by molar-refractivity contribution is -0.385. The van der Waals surface area contributed by atoms with Gasteiger partial charge in [0.2, 0.25) is 0 Å². The number of rotatable bonds is 5. The number of hydrogen-bond acceptors (Lipinski definition) is 4. The molecular weight excluding hydrogens is 282 g/mol. The van der Waals surface area contributed by atoms with Crippen LogP contribution in [0.2, 0.25) is 0 Å². The maximum Gasteiger partial charge on any atom is 0.310 e. The molecule has 0 aliphatic carbocycles. The van der Waals surface area contributed by atoms with Crippen molar-refractivity contribution < 1.29 is 14.5 Å². The third-order valence-corrected chi connectivity index (χ3v) is 2.84. The molecule has 0 radical (unpaired) electrons. The third-order valence-electron chi connectivity index (χ3n) is 2.62. The molecule has 6 heteroatoms. The monoisotopic (exact) mass is 291 g/mol. The van der Waals surface area contributed by atoms with Crippen molar-refractivity contribution >= 4 is 22.5 Å². The van der Waals surface area contributed by atoms with Crippen molar-refractivity contribution in [2.24, 2.45) is 0 Å². The van der Waals surface area contributed by atoms with E-state index in [9.17, 15) is 14.9 Å². The van der Waals surface area contributed by atoms with Crippen molar-refractivity contribution in [3.63, 3.8) is 0 Å². The second-order valence-electron chi connectivity index (χ2n) is 3.99. The highest BCUT2D eigenvalue weighted by Crippen LogP contribution is 2.29. The quantitative estimate of drug-likeness (QED) is 0.480. The first-order valence-electron chi connectivity index (χ1n) is 5.73. The zero-order valence-corrected chi connectivity index (χ0v) is 11.0. The predicted octanol–water partition coefficient (Wildman–Crippen LogP) is 3.55. The van der Waals surface area contributed by atoms with Gasteiger partial charge in [0.1, 0.15) is 6.61 Å². The molecule has 0 amide bonds. The van der Waals surface area contributed by atoms with Gasteiger partial charge in [0, 0.05) is 11.6 Å². The summed E-state index contributed by atoms with van der Waals surface area (Å²) in [4.78, 5) is 21.4. The Morgan fingerprint density at radius 3 is 2.50 bits per heavy atom. The summed E-state index contributed by atoms with van der Waals surface area (Å²) in [5, 5.41) is 10.2. The van der Waals surface area contributed by atoms with E-state index >= 15 is 0 Å². The molecule has 5 nitrogen and oxygen atoms in total. The summed E-state index contributed by atoms with van der Waals surface area (Å²) in [7, 11) is 0. The summed E-state index contributed by atoms with van der Waals surface area (Å²) >= 11 is 5.36. The lowest BCUT2D eigenvalue weighted by Gasteiger charge is -2.07. The first-order valence-corrected chi connectivity index (χ1v) is 6.10. The minimum absolute atomic E-state index is 0.0188. The largest absolute Gasteiger partial charge is 0.482 e. The SMILES string of the molecule is O=C(Cl)c1ccc([N+](=O)[O-])c(OCc2ccccc2)c1. The van der Waals surface area contributed by atoms with E-state index in [1.165, 1.54) is 18.2 Å². The van der Waals surface area contributed by atoms with E-state index in [2.05, 4.69) is 0 Å². The van der Waals surface area contributed by atoms with Gasteiger partial charge >= 0.3 is 5.69 Å². The first kappa shape index (κ1) is 14.0.